The first kappa shape index (κ1) is 14.2. The molecule has 0 aliphatic heterocycles. The molecule has 5 nitrogen and oxygen atoms in total. The van der Waals surface area contributed by atoms with Crippen molar-refractivity contribution in [3.63, 3.8) is 0 Å². The Hall–Kier alpha value is -1.82. The molecule has 0 saturated carbocycles. The number of hydrogen-bond acceptors (Lipinski definition) is 3. The summed E-state index contributed by atoms with van der Waals surface area (Å²) in [6.07, 6.45) is 1.61. The molecule has 0 spiro atoms. The van der Waals surface area contributed by atoms with E-state index in [-0.39, 0.29) is 6.42 Å². The van der Waals surface area contributed by atoms with Crippen molar-refractivity contribution in [3.05, 3.63) is 40.9 Å². The predicted octanol–water partition coefficient (Wildman–Crippen LogP) is 1.79. The molecule has 1 amide bonds. The molecule has 18 heavy (non-hydrogen) atoms. The van der Waals surface area contributed by atoms with E-state index in [0.29, 0.717) is 15.7 Å². The Morgan fingerprint density at radius 2 is 2.22 bits per heavy atom. The second-order valence-corrected chi connectivity index (χ2v) is 4.48. The Labute approximate surface area is 113 Å². The van der Waals surface area contributed by atoms with E-state index in [4.69, 9.17) is 10.8 Å². The highest BCUT2D eigenvalue weighted by Gasteiger charge is 2.19. The van der Waals surface area contributed by atoms with Crippen LogP contribution in [0.25, 0.3) is 0 Å². The van der Waals surface area contributed by atoms with Crippen molar-refractivity contribution in [2.75, 3.05) is 5.73 Å². The van der Waals surface area contributed by atoms with Crippen LogP contribution in [0.15, 0.2) is 35.3 Å². The number of aliphatic carboxylic acids is 1. The van der Waals surface area contributed by atoms with Crippen LogP contribution in [0.5, 0.6) is 0 Å². The maximum atomic E-state index is 11.8. The van der Waals surface area contributed by atoms with Crippen LogP contribution in [0.2, 0.25) is 0 Å². The van der Waals surface area contributed by atoms with Crippen LogP contribution in [0, 0.1) is 0 Å². The van der Waals surface area contributed by atoms with Crippen LogP contribution in [0.1, 0.15) is 16.8 Å². The van der Waals surface area contributed by atoms with Crippen LogP contribution < -0.4 is 11.1 Å². The van der Waals surface area contributed by atoms with Gasteiger partial charge in [-0.15, -0.1) is 6.58 Å². The zero-order valence-corrected chi connectivity index (χ0v) is 11.1. The van der Waals surface area contributed by atoms with Gasteiger partial charge in [-0.2, -0.15) is 0 Å². The van der Waals surface area contributed by atoms with Gasteiger partial charge in [0.25, 0.3) is 5.91 Å². The summed E-state index contributed by atoms with van der Waals surface area (Å²) in [6, 6.07) is 3.66. The van der Waals surface area contributed by atoms with E-state index in [1.807, 2.05) is 0 Å². The summed E-state index contributed by atoms with van der Waals surface area (Å²) in [6.45, 7) is 3.45. The van der Waals surface area contributed by atoms with Gasteiger partial charge < -0.3 is 16.2 Å². The number of hydrogen-bond donors (Lipinski definition) is 3. The third-order valence-electron chi connectivity index (χ3n) is 2.27. The second kappa shape index (κ2) is 6.20. The molecule has 0 bridgehead atoms. The number of carboxylic acid groups (broad SMARTS) is 1. The number of carbonyl (C=O) groups is 2. The summed E-state index contributed by atoms with van der Waals surface area (Å²) in [5, 5.41) is 11.3. The Balaban J connectivity index is 2.83. The van der Waals surface area contributed by atoms with Crippen molar-refractivity contribution in [1.29, 1.82) is 0 Å². The average Bonchev–Trinajstić information content (AvgIpc) is 2.31. The first-order chi connectivity index (χ1) is 8.45. The molecule has 0 aliphatic carbocycles. The number of nitrogens with two attached hydrogens (primary N) is 1. The van der Waals surface area contributed by atoms with Crippen molar-refractivity contribution < 1.29 is 14.7 Å². The highest BCUT2D eigenvalue weighted by Crippen LogP contribution is 2.20. The summed E-state index contributed by atoms with van der Waals surface area (Å²) in [5.74, 6) is -1.57. The molecule has 1 rings (SSSR count). The maximum absolute atomic E-state index is 11.8. The molecule has 6 heteroatoms. The fourth-order valence-electron chi connectivity index (χ4n) is 1.30. The number of nitrogens with one attached hydrogen (secondary N) is 1. The molecule has 0 aromatic heterocycles. The molecule has 1 unspecified atom stereocenters. The van der Waals surface area contributed by atoms with Crippen molar-refractivity contribution in [3.8, 4) is 0 Å². The van der Waals surface area contributed by atoms with Gasteiger partial charge in [-0.3, -0.25) is 4.79 Å². The van der Waals surface area contributed by atoms with Crippen molar-refractivity contribution in [1.82, 2.24) is 5.32 Å². The van der Waals surface area contributed by atoms with E-state index >= 15 is 0 Å². The number of anilines is 1. The van der Waals surface area contributed by atoms with Crippen molar-refractivity contribution >= 4 is 33.5 Å². The monoisotopic (exact) mass is 312 g/mol. The zero-order chi connectivity index (χ0) is 13.7. The molecular weight excluding hydrogens is 300 g/mol. The molecule has 0 radical (unpaired) electrons. The fraction of sp³-hybridized carbons (Fsp3) is 0.167. The summed E-state index contributed by atoms with van der Waals surface area (Å²) in [4.78, 5) is 22.7. The smallest absolute Gasteiger partial charge is 0.326 e. The quantitative estimate of drug-likeness (QED) is 0.571. The Kier molecular flexibility index (Phi) is 4.91. The molecule has 1 aromatic rings. The van der Waals surface area contributed by atoms with Gasteiger partial charge in [0.1, 0.15) is 6.04 Å². The third-order valence-corrected chi connectivity index (χ3v) is 2.96. The summed E-state index contributed by atoms with van der Waals surface area (Å²) < 4.78 is 0.589. The average molecular weight is 313 g/mol. The minimum atomic E-state index is -1.10. The SMILES string of the molecule is C=CCC(NC(=O)c1ccc(N)c(Br)c1)C(=O)O. The molecule has 0 heterocycles. The highest BCUT2D eigenvalue weighted by atomic mass is 79.9. The van der Waals surface area contributed by atoms with E-state index in [2.05, 4.69) is 27.8 Å². The predicted molar refractivity (Wildman–Crippen MR) is 72.3 cm³/mol. The van der Waals surface area contributed by atoms with Crippen LogP contribution in [-0.4, -0.2) is 23.0 Å². The zero-order valence-electron chi connectivity index (χ0n) is 9.52. The second-order valence-electron chi connectivity index (χ2n) is 3.62. The van der Waals surface area contributed by atoms with Gasteiger partial charge >= 0.3 is 5.97 Å². The van der Waals surface area contributed by atoms with Gasteiger partial charge in [0.2, 0.25) is 0 Å². The molecule has 1 atom stereocenters. The summed E-state index contributed by atoms with van der Waals surface area (Å²) in [7, 11) is 0. The van der Waals surface area contributed by atoms with Crippen LogP contribution in [0.4, 0.5) is 5.69 Å². The Bertz CT molecular complexity index is 488. The number of halogens is 1. The minimum absolute atomic E-state index is 0.164. The van der Waals surface area contributed by atoms with E-state index in [0.717, 1.165) is 0 Å². The Morgan fingerprint density at radius 3 is 2.72 bits per heavy atom. The lowest BCUT2D eigenvalue weighted by Gasteiger charge is -2.12. The molecule has 1 aromatic carbocycles. The molecule has 0 saturated heterocycles. The fourth-order valence-corrected chi connectivity index (χ4v) is 1.68. The molecule has 4 N–H and O–H groups in total. The number of nitrogen functional groups attached to an aromatic ring is 1. The van der Waals surface area contributed by atoms with Gasteiger partial charge in [-0.25, -0.2) is 4.79 Å². The first-order valence-electron chi connectivity index (χ1n) is 5.15. The largest absolute Gasteiger partial charge is 0.480 e. The van der Waals surface area contributed by atoms with E-state index < -0.39 is 17.9 Å². The lowest BCUT2D eigenvalue weighted by Crippen LogP contribution is -2.40. The van der Waals surface area contributed by atoms with Gasteiger partial charge in [0, 0.05) is 15.7 Å². The van der Waals surface area contributed by atoms with Crippen molar-refractivity contribution in [2.24, 2.45) is 0 Å². The van der Waals surface area contributed by atoms with E-state index in [1.165, 1.54) is 18.2 Å². The standard InChI is InChI=1S/C12H13BrN2O3/c1-2-3-10(12(17)18)15-11(16)7-4-5-9(14)8(13)6-7/h2,4-6,10H,1,3,14H2,(H,15,16)(H,17,18). The van der Waals surface area contributed by atoms with Crippen molar-refractivity contribution in [2.45, 2.75) is 12.5 Å². The first-order valence-corrected chi connectivity index (χ1v) is 5.94. The van der Waals surface area contributed by atoms with E-state index in [1.54, 1.807) is 6.07 Å². The minimum Gasteiger partial charge on any atom is -0.480 e. The van der Waals surface area contributed by atoms with Crippen LogP contribution in [-0.2, 0) is 4.79 Å². The van der Waals surface area contributed by atoms with Gasteiger partial charge in [-0.1, -0.05) is 6.08 Å². The number of carbonyl (C=O) groups excluding carboxylic acids is 1. The number of amides is 1. The molecular formula is C12H13BrN2O3. The van der Waals surface area contributed by atoms with Crippen LogP contribution >= 0.6 is 15.9 Å². The van der Waals surface area contributed by atoms with Gasteiger partial charge in [0.15, 0.2) is 0 Å². The molecule has 0 fully saturated rings. The maximum Gasteiger partial charge on any atom is 0.326 e. The third kappa shape index (κ3) is 3.59. The topological polar surface area (TPSA) is 92.4 Å². The normalized spacial score (nSPS) is 11.6. The number of benzene rings is 1. The molecule has 0 aliphatic rings. The van der Waals surface area contributed by atoms with Gasteiger partial charge in [-0.05, 0) is 40.5 Å². The lowest BCUT2D eigenvalue weighted by molar-refractivity contribution is -0.139. The highest BCUT2D eigenvalue weighted by molar-refractivity contribution is 9.10. The van der Waals surface area contributed by atoms with E-state index in [9.17, 15) is 9.59 Å². The summed E-state index contributed by atoms with van der Waals surface area (Å²) >= 11 is 3.20. The number of rotatable bonds is 5. The van der Waals surface area contributed by atoms with Crippen LogP contribution in [0.3, 0.4) is 0 Å². The van der Waals surface area contributed by atoms with Gasteiger partial charge in [0.05, 0.1) is 0 Å². The lowest BCUT2D eigenvalue weighted by atomic mass is 10.1. The summed E-state index contributed by atoms with van der Waals surface area (Å²) in [5.41, 5.74) is 6.45. The molecule has 96 valence electrons. The Morgan fingerprint density at radius 1 is 1.56 bits per heavy atom. The number of carboxylic acids is 1.